The van der Waals surface area contributed by atoms with Crippen molar-refractivity contribution in [3.05, 3.63) is 48.0 Å². The first-order valence-corrected chi connectivity index (χ1v) is 8.89. The molecule has 0 spiro atoms. The SMILES string of the molecule is CC1C(=O)Nc2ccc(S(=O)(=O)Nc3ccc(F)cc3F)cc2NC1=O. The minimum absolute atomic E-state index is 0.0927. The van der Waals surface area contributed by atoms with Crippen LogP contribution in [0.25, 0.3) is 0 Å². The van der Waals surface area contributed by atoms with Gasteiger partial charge in [-0.2, -0.15) is 0 Å². The second-order valence-corrected chi connectivity index (χ2v) is 7.32. The van der Waals surface area contributed by atoms with Gasteiger partial charge in [-0.3, -0.25) is 14.3 Å². The zero-order valence-corrected chi connectivity index (χ0v) is 14.2. The van der Waals surface area contributed by atoms with Crippen LogP contribution in [-0.4, -0.2) is 20.2 Å². The molecule has 10 heteroatoms. The van der Waals surface area contributed by atoms with E-state index in [1.165, 1.54) is 19.1 Å². The van der Waals surface area contributed by atoms with Crippen LogP contribution in [0.4, 0.5) is 25.8 Å². The van der Waals surface area contributed by atoms with Gasteiger partial charge in [0.1, 0.15) is 17.6 Å². The molecule has 1 heterocycles. The standard InChI is InChI=1S/C16H13F2N3O4S/c1-8-15(22)19-13-5-3-10(7-14(13)20-16(8)23)26(24,25)21-12-4-2-9(17)6-11(12)18/h2-8,21H,1H3,(H,19,22)(H,20,23). The highest BCUT2D eigenvalue weighted by atomic mass is 32.2. The predicted molar refractivity (Wildman–Crippen MR) is 90.0 cm³/mol. The fourth-order valence-electron chi connectivity index (χ4n) is 2.28. The highest BCUT2D eigenvalue weighted by molar-refractivity contribution is 7.92. The van der Waals surface area contributed by atoms with Crippen molar-refractivity contribution in [2.75, 3.05) is 15.4 Å². The summed E-state index contributed by atoms with van der Waals surface area (Å²) >= 11 is 0. The molecule has 1 aliphatic rings. The van der Waals surface area contributed by atoms with Crippen molar-refractivity contribution >= 4 is 38.9 Å². The number of benzene rings is 2. The monoisotopic (exact) mass is 381 g/mol. The van der Waals surface area contributed by atoms with Crippen LogP contribution >= 0.6 is 0 Å². The average Bonchev–Trinajstić information content (AvgIpc) is 2.67. The molecule has 1 unspecified atom stereocenters. The van der Waals surface area contributed by atoms with E-state index in [4.69, 9.17) is 0 Å². The summed E-state index contributed by atoms with van der Waals surface area (Å²) < 4.78 is 53.5. The summed E-state index contributed by atoms with van der Waals surface area (Å²) in [5, 5.41) is 4.97. The molecule has 0 saturated heterocycles. The van der Waals surface area contributed by atoms with Crippen LogP contribution in [0.1, 0.15) is 6.92 Å². The van der Waals surface area contributed by atoms with E-state index in [1.54, 1.807) is 0 Å². The molecule has 7 nitrogen and oxygen atoms in total. The van der Waals surface area contributed by atoms with E-state index >= 15 is 0 Å². The van der Waals surface area contributed by atoms with E-state index in [0.717, 1.165) is 18.2 Å². The number of hydrogen-bond acceptors (Lipinski definition) is 4. The molecule has 2 aromatic carbocycles. The summed E-state index contributed by atoms with van der Waals surface area (Å²) in [6, 6.07) is 6.04. The molecule has 0 bridgehead atoms. The Labute approximate surface area is 147 Å². The smallest absolute Gasteiger partial charge is 0.262 e. The molecule has 0 radical (unpaired) electrons. The number of sulfonamides is 1. The van der Waals surface area contributed by atoms with Gasteiger partial charge in [0.2, 0.25) is 11.8 Å². The van der Waals surface area contributed by atoms with E-state index in [2.05, 4.69) is 10.6 Å². The van der Waals surface area contributed by atoms with Crippen LogP contribution in [0.2, 0.25) is 0 Å². The minimum Gasteiger partial charge on any atom is -0.324 e. The number of halogens is 2. The van der Waals surface area contributed by atoms with Crippen LogP contribution in [0, 0.1) is 17.6 Å². The van der Waals surface area contributed by atoms with Crippen molar-refractivity contribution in [2.45, 2.75) is 11.8 Å². The Hall–Kier alpha value is -3.01. The molecule has 136 valence electrons. The fourth-order valence-corrected chi connectivity index (χ4v) is 3.37. The van der Waals surface area contributed by atoms with E-state index in [1.807, 2.05) is 4.72 Å². The average molecular weight is 381 g/mol. The second kappa shape index (κ2) is 6.37. The molecular weight excluding hydrogens is 368 g/mol. The van der Waals surface area contributed by atoms with E-state index < -0.39 is 45.1 Å². The molecule has 2 amide bonds. The topological polar surface area (TPSA) is 104 Å². The fraction of sp³-hybridized carbons (Fsp3) is 0.125. The number of anilines is 3. The number of amides is 2. The second-order valence-electron chi connectivity index (χ2n) is 5.64. The van der Waals surface area contributed by atoms with Gasteiger partial charge < -0.3 is 10.6 Å². The largest absolute Gasteiger partial charge is 0.324 e. The van der Waals surface area contributed by atoms with Crippen molar-refractivity contribution < 1.29 is 26.8 Å². The van der Waals surface area contributed by atoms with Gasteiger partial charge >= 0.3 is 0 Å². The third-order valence-electron chi connectivity index (χ3n) is 3.78. The first-order valence-electron chi connectivity index (χ1n) is 7.41. The zero-order valence-electron chi connectivity index (χ0n) is 13.3. The minimum atomic E-state index is -4.22. The van der Waals surface area contributed by atoms with E-state index in [9.17, 15) is 26.8 Å². The summed E-state index contributed by atoms with van der Waals surface area (Å²) in [5.74, 6) is -3.98. The number of carbonyl (C=O) groups is 2. The lowest BCUT2D eigenvalue weighted by Crippen LogP contribution is -2.28. The van der Waals surface area contributed by atoms with Crippen molar-refractivity contribution in [3.8, 4) is 0 Å². The molecule has 0 fully saturated rings. The Bertz CT molecular complexity index is 1020. The van der Waals surface area contributed by atoms with Crippen molar-refractivity contribution in [1.82, 2.24) is 0 Å². The highest BCUT2D eigenvalue weighted by Gasteiger charge is 2.28. The lowest BCUT2D eigenvalue weighted by Gasteiger charge is -2.12. The maximum Gasteiger partial charge on any atom is 0.262 e. The Balaban J connectivity index is 1.96. The van der Waals surface area contributed by atoms with Crippen LogP contribution in [0.5, 0.6) is 0 Å². The highest BCUT2D eigenvalue weighted by Crippen LogP contribution is 2.30. The first kappa shape index (κ1) is 17.8. The maximum atomic E-state index is 13.7. The Morgan fingerprint density at radius 2 is 1.62 bits per heavy atom. The molecule has 26 heavy (non-hydrogen) atoms. The van der Waals surface area contributed by atoms with Crippen LogP contribution in [-0.2, 0) is 19.6 Å². The Morgan fingerprint density at radius 1 is 0.962 bits per heavy atom. The first-order chi connectivity index (χ1) is 12.2. The predicted octanol–water partition coefficient (Wildman–Crippen LogP) is 2.29. The van der Waals surface area contributed by atoms with Crippen molar-refractivity contribution in [3.63, 3.8) is 0 Å². The molecular formula is C16H13F2N3O4S. The summed E-state index contributed by atoms with van der Waals surface area (Å²) in [4.78, 5) is 23.4. The number of rotatable bonds is 3. The third kappa shape index (κ3) is 3.36. The molecule has 3 rings (SSSR count). The van der Waals surface area contributed by atoms with Gasteiger partial charge in [0.25, 0.3) is 10.0 Å². The van der Waals surface area contributed by atoms with Gasteiger partial charge in [-0.05, 0) is 37.3 Å². The maximum absolute atomic E-state index is 13.7. The summed E-state index contributed by atoms with van der Waals surface area (Å²) in [6.07, 6.45) is 0. The lowest BCUT2D eigenvalue weighted by molar-refractivity contribution is -0.128. The van der Waals surface area contributed by atoms with Crippen molar-refractivity contribution in [2.24, 2.45) is 5.92 Å². The number of nitrogens with one attached hydrogen (secondary N) is 3. The van der Waals surface area contributed by atoms with Crippen LogP contribution in [0.15, 0.2) is 41.3 Å². The molecule has 0 aromatic heterocycles. The Morgan fingerprint density at radius 3 is 2.27 bits per heavy atom. The van der Waals surface area contributed by atoms with Gasteiger partial charge in [-0.15, -0.1) is 0 Å². The summed E-state index contributed by atoms with van der Waals surface area (Å²) in [7, 11) is -4.22. The zero-order chi connectivity index (χ0) is 19.1. The van der Waals surface area contributed by atoms with Crippen LogP contribution < -0.4 is 15.4 Å². The molecule has 1 aliphatic heterocycles. The quantitative estimate of drug-likeness (QED) is 0.710. The molecule has 2 aromatic rings. The number of carbonyl (C=O) groups excluding carboxylic acids is 2. The molecule has 3 N–H and O–H groups in total. The van der Waals surface area contributed by atoms with Gasteiger partial charge in [-0.25, -0.2) is 17.2 Å². The number of fused-ring (bicyclic) bond motifs is 1. The summed E-state index contributed by atoms with van der Waals surface area (Å²) in [5.41, 5.74) is -0.0953. The van der Waals surface area contributed by atoms with Gasteiger partial charge in [0, 0.05) is 6.07 Å². The van der Waals surface area contributed by atoms with Crippen LogP contribution in [0.3, 0.4) is 0 Å². The van der Waals surface area contributed by atoms with Gasteiger partial charge in [-0.1, -0.05) is 0 Å². The third-order valence-corrected chi connectivity index (χ3v) is 5.14. The summed E-state index contributed by atoms with van der Waals surface area (Å²) in [6.45, 7) is 1.41. The normalized spacial score (nSPS) is 17.0. The molecule has 1 atom stereocenters. The van der Waals surface area contributed by atoms with Crippen molar-refractivity contribution in [1.29, 1.82) is 0 Å². The lowest BCUT2D eigenvalue weighted by atomic mass is 10.1. The van der Waals surface area contributed by atoms with Gasteiger partial charge in [0.05, 0.1) is 22.0 Å². The van der Waals surface area contributed by atoms with E-state index in [0.29, 0.717) is 6.07 Å². The van der Waals surface area contributed by atoms with E-state index in [-0.39, 0.29) is 16.3 Å². The molecule has 0 aliphatic carbocycles. The Kier molecular flexibility index (Phi) is 4.36. The molecule has 0 saturated carbocycles. The number of hydrogen-bond donors (Lipinski definition) is 3. The van der Waals surface area contributed by atoms with Gasteiger partial charge in [0.15, 0.2) is 0 Å².